The minimum Gasteiger partial charge on any atom is -0.382 e. The zero-order valence-corrected chi connectivity index (χ0v) is 16.6. The van der Waals surface area contributed by atoms with Gasteiger partial charge in [0.05, 0.1) is 5.71 Å². The number of benzene rings is 2. The molecule has 2 aliphatic heterocycles. The molecule has 1 atom stereocenters. The number of amides is 1. The lowest BCUT2D eigenvalue weighted by Crippen LogP contribution is -2.51. The van der Waals surface area contributed by atoms with Crippen LogP contribution in [0.5, 0.6) is 0 Å². The fourth-order valence-electron chi connectivity index (χ4n) is 3.52. The molecule has 0 aromatic heterocycles. The maximum Gasteiger partial charge on any atom is 0.266 e. The predicted molar refractivity (Wildman–Crippen MR) is 108 cm³/mol. The van der Waals surface area contributed by atoms with Crippen LogP contribution in [0.1, 0.15) is 17.5 Å². The Hall–Kier alpha value is -2.18. The van der Waals surface area contributed by atoms with E-state index in [0.29, 0.717) is 6.42 Å². The molecule has 1 fully saturated rings. The molecular formula is C21H22BrN3O2. The zero-order chi connectivity index (χ0) is 18.6. The highest BCUT2D eigenvalue weighted by Crippen LogP contribution is 2.21. The molecule has 0 spiro atoms. The average Bonchev–Trinajstić information content (AvgIpc) is 3.19. The van der Waals surface area contributed by atoms with E-state index >= 15 is 0 Å². The summed E-state index contributed by atoms with van der Waals surface area (Å²) in [6.07, 6.45) is 0.0270. The molecule has 0 N–H and O–H groups in total. The van der Waals surface area contributed by atoms with E-state index in [1.54, 1.807) is 0 Å². The van der Waals surface area contributed by atoms with Crippen molar-refractivity contribution in [1.82, 2.24) is 9.80 Å². The van der Waals surface area contributed by atoms with Gasteiger partial charge in [0, 0.05) is 49.2 Å². The topological polar surface area (TPSA) is 45.1 Å². The first-order valence-corrected chi connectivity index (χ1v) is 10.0. The maximum atomic E-state index is 12.8. The van der Waals surface area contributed by atoms with E-state index in [-0.39, 0.29) is 5.91 Å². The molecule has 0 aliphatic carbocycles. The van der Waals surface area contributed by atoms with E-state index in [1.807, 2.05) is 35.2 Å². The number of piperazine rings is 1. The van der Waals surface area contributed by atoms with Crippen LogP contribution in [-0.4, -0.2) is 53.7 Å². The van der Waals surface area contributed by atoms with Crippen LogP contribution in [0.25, 0.3) is 0 Å². The Morgan fingerprint density at radius 1 is 1.07 bits per heavy atom. The van der Waals surface area contributed by atoms with Gasteiger partial charge < -0.3 is 9.74 Å². The summed E-state index contributed by atoms with van der Waals surface area (Å²) in [5.41, 5.74) is 3.13. The van der Waals surface area contributed by atoms with Crippen molar-refractivity contribution in [3.05, 3.63) is 70.2 Å². The minimum absolute atomic E-state index is 0.0445. The summed E-state index contributed by atoms with van der Waals surface area (Å²) in [4.78, 5) is 22.6. The predicted octanol–water partition coefficient (Wildman–Crippen LogP) is 3.29. The molecule has 27 heavy (non-hydrogen) atoms. The summed E-state index contributed by atoms with van der Waals surface area (Å²) >= 11 is 3.47. The Morgan fingerprint density at radius 2 is 1.85 bits per heavy atom. The largest absolute Gasteiger partial charge is 0.382 e. The monoisotopic (exact) mass is 427 g/mol. The summed E-state index contributed by atoms with van der Waals surface area (Å²) in [5, 5.41) is 4.15. The molecule has 0 bridgehead atoms. The average molecular weight is 428 g/mol. The van der Waals surface area contributed by atoms with E-state index in [1.165, 1.54) is 5.56 Å². The summed E-state index contributed by atoms with van der Waals surface area (Å²) in [6, 6.07) is 18.4. The lowest BCUT2D eigenvalue weighted by molar-refractivity contribution is -0.143. The van der Waals surface area contributed by atoms with Gasteiger partial charge in [0.2, 0.25) is 6.10 Å². The zero-order valence-electron chi connectivity index (χ0n) is 15.1. The molecule has 1 saturated heterocycles. The first kappa shape index (κ1) is 18.2. The molecule has 2 aromatic rings. The van der Waals surface area contributed by atoms with Crippen molar-refractivity contribution in [2.45, 2.75) is 19.1 Å². The highest BCUT2D eigenvalue weighted by Gasteiger charge is 2.33. The van der Waals surface area contributed by atoms with Crippen LogP contribution in [0.15, 0.2) is 64.2 Å². The van der Waals surface area contributed by atoms with E-state index in [4.69, 9.17) is 4.84 Å². The summed E-state index contributed by atoms with van der Waals surface area (Å²) in [6.45, 7) is 4.16. The van der Waals surface area contributed by atoms with Crippen molar-refractivity contribution < 1.29 is 9.63 Å². The number of hydrogen-bond acceptors (Lipinski definition) is 4. The van der Waals surface area contributed by atoms with Crippen LogP contribution in [0, 0.1) is 0 Å². The normalized spacial score (nSPS) is 20.3. The number of carbonyl (C=O) groups excluding carboxylic acids is 1. The molecule has 2 aliphatic rings. The highest BCUT2D eigenvalue weighted by molar-refractivity contribution is 9.10. The molecule has 4 rings (SSSR count). The number of rotatable bonds is 4. The van der Waals surface area contributed by atoms with Crippen LogP contribution in [0.2, 0.25) is 0 Å². The van der Waals surface area contributed by atoms with Gasteiger partial charge in [-0.3, -0.25) is 9.69 Å². The molecule has 1 amide bonds. The smallest absolute Gasteiger partial charge is 0.266 e. The maximum absolute atomic E-state index is 12.8. The van der Waals surface area contributed by atoms with Gasteiger partial charge in [0.25, 0.3) is 5.91 Å². The van der Waals surface area contributed by atoms with Crippen molar-refractivity contribution in [3.8, 4) is 0 Å². The van der Waals surface area contributed by atoms with E-state index in [0.717, 1.165) is 48.5 Å². The molecule has 0 radical (unpaired) electrons. The van der Waals surface area contributed by atoms with E-state index < -0.39 is 6.10 Å². The van der Waals surface area contributed by atoms with Crippen molar-refractivity contribution in [2.75, 3.05) is 26.2 Å². The van der Waals surface area contributed by atoms with Crippen LogP contribution in [0.4, 0.5) is 0 Å². The van der Waals surface area contributed by atoms with Crippen LogP contribution >= 0.6 is 15.9 Å². The van der Waals surface area contributed by atoms with Crippen molar-refractivity contribution in [2.24, 2.45) is 5.16 Å². The Kier molecular flexibility index (Phi) is 5.55. The van der Waals surface area contributed by atoms with Crippen molar-refractivity contribution >= 4 is 27.5 Å². The third kappa shape index (κ3) is 4.39. The molecule has 6 heteroatoms. The van der Waals surface area contributed by atoms with Gasteiger partial charge in [-0.2, -0.15) is 0 Å². The van der Waals surface area contributed by atoms with Crippen LogP contribution < -0.4 is 0 Å². The first-order chi connectivity index (χ1) is 13.2. The first-order valence-electron chi connectivity index (χ1n) is 9.23. The Bertz CT molecular complexity index is 832. The van der Waals surface area contributed by atoms with E-state index in [2.05, 4.69) is 50.3 Å². The summed E-state index contributed by atoms with van der Waals surface area (Å²) < 4.78 is 0.993. The lowest BCUT2D eigenvalue weighted by Gasteiger charge is -2.35. The van der Waals surface area contributed by atoms with Gasteiger partial charge in [-0.05, 0) is 17.7 Å². The molecule has 0 saturated carbocycles. The van der Waals surface area contributed by atoms with Crippen molar-refractivity contribution in [1.29, 1.82) is 0 Å². The van der Waals surface area contributed by atoms with E-state index in [9.17, 15) is 4.79 Å². The number of halogens is 1. The third-order valence-electron chi connectivity index (χ3n) is 5.04. The Balaban J connectivity index is 1.29. The van der Waals surface area contributed by atoms with Crippen LogP contribution in [0.3, 0.4) is 0 Å². The molecule has 140 valence electrons. The molecule has 2 aromatic carbocycles. The van der Waals surface area contributed by atoms with Crippen molar-refractivity contribution in [3.63, 3.8) is 0 Å². The van der Waals surface area contributed by atoms with Gasteiger partial charge in [-0.1, -0.05) is 63.6 Å². The standard InChI is InChI=1S/C21H22BrN3O2/c22-18-8-4-7-17(13-18)19-14-20(27-23-19)21(26)25-11-9-24(10-12-25)15-16-5-2-1-3-6-16/h1-8,13,20H,9-12,14-15H2. The van der Waals surface area contributed by atoms with Gasteiger partial charge >= 0.3 is 0 Å². The minimum atomic E-state index is -0.500. The number of carbonyl (C=O) groups is 1. The second kappa shape index (κ2) is 8.23. The summed E-state index contributed by atoms with van der Waals surface area (Å²) in [7, 11) is 0. The lowest BCUT2D eigenvalue weighted by atomic mass is 10.0. The molecule has 1 unspecified atom stereocenters. The highest BCUT2D eigenvalue weighted by atomic mass is 79.9. The quantitative estimate of drug-likeness (QED) is 0.751. The molecular weight excluding hydrogens is 406 g/mol. The molecule has 2 heterocycles. The SMILES string of the molecule is O=C(C1CC(c2cccc(Br)c2)=NO1)N1CCN(Cc2ccccc2)CC1. The van der Waals surface area contributed by atoms with Gasteiger partial charge in [-0.25, -0.2) is 0 Å². The molecule has 5 nitrogen and oxygen atoms in total. The second-order valence-corrected chi connectivity index (χ2v) is 7.85. The fourth-order valence-corrected chi connectivity index (χ4v) is 3.92. The fraction of sp³-hybridized carbons (Fsp3) is 0.333. The third-order valence-corrected chi connectivity index (χ3v) is 5.53. The number of nitrogens with zero attached hydrogens (tertiary/aromatic N) is 3. The van der Waals surface area contributed by atoms with Gasteiger partial charge in [-0.15, -0.1) is 0 Å². The Morgan fingerprint density at radius 3 is 2.59 bits per heavy atom. The van der Waals surface area contributed by atoms with Gasteiger partial charge in [0.15, 0.2) is 0 Å². The van der Waals surface area contributed by atoms with Crippen LogP contribution in [-0.2, 0) is 16.2 Å². The number of oxime groups is 1. The Labute approximate surface area is 167 Å². The van der Waals surface area contributed by atoms with Gasteiger partial charge in [0.1, 0.15) is 0 Å². The second-order valence-electron chi connectivity index (χ2n) is 6.93. The number of hydrogen-bond donors (Lipinski definition) is 0. The summed E-state index contributed by atoms with van der Waals surface area (Å²) in [5.74, 6) is 0.0445.